The highest BCUT2D eigenvalue weighted by Gasteiger charge is 2.02. The van der Waals surface area contributed by atoms with Gasteiger partial charge in [-0.2, -0.15) is 0 Å². The van der Waals surface area contributed by atoms with Crippen molar-refractivity contribution in [2.24, 2.45) is 0 Å². The van der Waals surface area contributed by atoms with Gasteiger partial charge < -0.3 is 14.6 Å². The maximum absolute atomic E-state index is 11.8. The summed E-state index contributed by atoms with van der Waals surface area (Å²) in [7, 11) is 1.49. The third-order valence-corrected chi connectivity index (χ3v) is 5.36. The van der Waals surface area contributed by atoms with Crippen LogP contribution in [0.5, 0.6) is 11.5 Å². The van der Waals surface area contributed by atoms with E-state index >= 15 is 0 Å². The Morgan fingerprint density at radius 2 is 1.40 bits per heavy atom. The first-order valence-corrected chi connectivity index (χ1v) is 11.9. The van der Waals surface area contributed by atoms with Crippen molar-refractivity contribution in [1.82, 2.24) is 0 Å². The van der Waals surface area contributed by atoms with Gasteiger partial charge in [-0.1, -0.05) is 96.5 Å². The minimum atomic E-state index is -0.336. The lowest BCUT2D eigenvalue weighted by molar-refractivity contribution is -0.137. The number of phenolic OH excluding ortho intramolecular Hbond substituents is 1. The topological polar surface area (TPSA) is 55.8 Å². The summed E-state index contributed by atoms with van der Waals surface area (Å²) in [5.41, 5.74) is 0.776. The second-order valence-electron chi connectivity index (χ2n) is 8.03. The summed E-state index contributed by atoms with van der Waals surface area (Å²) in [4.78, 5) is 11.8. The Bertz CT molecular complexity index is 595. The summed E-state index contributed by atoms with van der Waals surface area (Å²) in [6.45, 7) is 2.74. The number of unbranched alkanes of at least 4 members (excludes halogenated alkanes) is 13. The Labute approximate surface area is 183 Å². The van der Waals surface area contributed by atoms with Crippen LogP contribution in [-0.2, 0) is 9.53 Å². The first-order chi connectivity index (χ1) is 14.7. The molecule has 0 aliphatic rings. The number of methoxy groups -OCH3 is 1. The van der Waals surface area contributed by atoms with Crippen LogP contribution in [-0.4, -0.2) is 24.8 Å². The molecule has 0 unspecified atom stereocenters. The van der Waals surface area contributed by atoms with Crippen molar-refractivity contribution in [1.29, 1.82) is 0 Å². The summed E-state index contributed by atoms with van der Waals surface area (Å²) < 4.78 is 10.3. The standard InChI is InChI=1S/C26H42O4/c1-3-4-5-6-7-8-9-10-11-12-13-14-15-16-21-30-26(28)20-18-23-17-19-24(27)25(22-23)29-2/h17-20,22,27H,3-16,21H2,1-2H3. The zero-order valence-corrected chi connectivity index (χ0v) is 19.2. The molecule has 30 heavy (non-hydrogen) atoms. The number of ether oxygens (including phenoxy) is 2. The average Bonchev–Trinajstić information content (AvgIpc) is 2.75. The second-order valence-corrected chi connectivity index (χ2v) is 8.03. The summed E-state index contributed by atoms with van der Waals surface area (Å²) in [6, 6.07) is 4.93. The van der Waals surface area contributed by atoms with E-state index in [0.717, 1.165) is 18.4 Å². The number of hydrogen-bond donors (Lipinski definition) is 1. The molecule has 1 rings (SSSR count). The van der Waals surface area contributed by atoms with E-state index in [1.54, 1.807) is 24.3 Å². The van der Waals surface area contributed by atoms with Crippen LogP contribution in [0.1, 0.15) is 102 Å². The Morgan fingerprint density at radius 3 is 1.93 bits per heavy atom. The molecule has 1 aromatic rings. The van der Waals surface area contributed by atoms with Crippen LogP contribution in [0.15, 0.2) is 24.3 Å². The molecule has 0 aliphatic carbocycles. The Balaban J connectivity index is 1.93. The predicted octanol–water partition coefficient (Wildman–Crippen LogP) is 7.44. The molecule has 0 radical (unpaired) electrons. The van der Waals surface area contributed by atoms with Crippen molar-refractivity contribution in [3.05, 3.63) is 29.8 Å². The molecule has 0 amide bonds. The maximum atomic E-state index is 11.8. The van der Waals surface area contributed by atoms with Crippen LogP contribution in [0.4, 0.5) is 0 Å². The summed E-state index contributed by atoms with van der Waals surface area (Å²) >= 11 is 0. The van der Waals surface area contributed by atoms with Gasteiger partial charge in [0.05, 0.1) is 13.7 Å². The summed E-state index contributed by atoms with van der Waals surface area (Å²) in [5, 5.41) is 9.57. The van der Waals surface area contributed by atoms with E-state index in [1.165, 1.54) is 90.2 Å². The molecule has 1 aromatic carbocycles. The van der Waals surface area contributed by atoms with Crippen molar-refractivity contribution < 1.29 is 19.4 Å². The number of aromatic hydroxyl groups is 1. The number of benzene rings is 1. The number of carbonyl (C=O) groups is 1. The van der Waals surface area contributed by atoms with Crippen molar-refractivity contribution in [2.75, 3.05) is 13.7 Å². The second kappa shape index (κ2) is 17.9. The molecular formula is C26H42O4. The third-order valence-electron chi connectivity index (χ3n) is 5.36. The van der Waals surface area contributed by atoms with Gasteiger partial charge in [-0.05, 0) is 30.2 Å². The van der Waals surface area contributed by atoms with E-state index < -0.39 is 0 Å². The van der Waals surface area contributed by atoms with Gasteiger partial charge in [0.25, 0.3) is 0 Å². The fourth-order valence-corrected chi connectivity index (χ4v) is 3.48. The maximum Gasteiger partial charge on any atom is 0.330 e. The average molecular weight is 419 g/mol. The van der Waals surface area contributed by atoms with Crippen LogP contribution in [0, 0.1) is 0 Å². The summed E-state index contributed by atoms with van der Waals surface area (Å²) in [6.07, 6.45) is 21.4. The Morgan fingerprint density at radius 1 is 0.867 bits per heavy atom. The third kappa shape index (κ3) is 13.3. The van der Waals surface area contributed by atoms with Gasteiger partial charge in [0.1, 0.15) is 0 Å². The molecule has 1 N–H and O–H groups in total. The molecule has 0 saturated carbocycles. The van der Waals surface area contributed by atoms with Crippen LogP contribution < -0.4 is 4.74 Å². The van der Waals surface area contributed by atoms with Crippen molar-refractivity contribution in [3.8, 4) is 11.5 Å². The van der Waals surface area contributed by atoms with Crippen molar-refractivity contribution in [2.45, 2.75) is 96.8 Å². The van der Waals surface area contributed by atoms with E-state index in [1.807, 2.05) is 0 Å². The van der Waals surface area contributed by atoms with E-state index in [2.05, 4.69) is 6.92 Å². The van der Waals surface area contributed by atoms with Crippen LogP contribution in [0.2, 0.25) is 0 Å². The number of phenols is 1. The number of esters is 1. The van der Waals surface area contributed by atoms with E-state index in [-0.39, 0.29) is 11.7 Å². The van der Waals surface area contributed by atoms with Gasteiger partial charge in [0.2, 0.25) is 0 Å². The van der Waals surface area contributed by atoms with E-state index in [4.69, 9.17) is 9.47 Å². The molecule has 4 heteroatoms. The predicted molar refractivity (Wildman–Crippen MR) is 125 cm³/mol. The van der Waals surface area contributed by atoms with Gasteiger partial charge in [0.15, 0.2) is 11.5 Å². The quantitative estimate of drug-likeness (QED) is 0.153. The number of rotatable bonds is 18. The Kier molecular flexibility index (Phi) is 15.5. The fourth-order valence-electron chi connectivity index (χ4n) is 3.48. The van der Waals surface area contributed by atoms with E-state index in [0.29, 0.717) is 12.4 Å². The highest BCUT2D eigenvalue weighted by atomic mass is 16.5. The SMILES string of the molecule is CCCCCCCCCCCCCCCCOC(=O)C=Cc1ccc(O)c(OC)c1. The summed E-state index contributed by atoms with van der Waals surface area (Å²) in [5.74, 6) is 0.125. The molecule has 0 bridgehead atoms. The van der Waals surface area contributed by atoms with Gasteiger partial charge in [0, 0.05) is 6.08 Å². The molecule has 0 aromatic heterocycles. The lowest BCUT2D eigenvalue weighted by atomic mass is 10.0. The lowest BCUT2D eigenvalue weighted by Gasteiger charge is -2.04. The first-order valence-electron chi connectivity index (χ1n) is 11.9. The van der Waals surface area contributed by atoms with Gasteiger partial charge >= 0.3 is 5.97 Å². The van der Waals surface area contributed by atoms with Crippen LogP contribution in [0.3, 0.4) is 0 Å². The van der Waals surface area contributed by atoms with Gasteiger partial charge in [-0.15, -0.1) is 0 Å². The smallest absolute Gasteiger partial charge is 0.330 e. The minimum Gasteiger partial charge on any atom is -0.504 e. The largest absolute Gasteiger partial charge is 0.504 e. The highest BCUT2D eigenvalue weighted by molar-refractivity contribution is 5.87. The zero-order chi connectivity index (χ0) is 21.9. The molecule has 0 saturated heterocycles. The highest BCUT2D eigenvalue weighted by Crippen LogP contribution is 2.26. The first kappa shape index (κ1) is 26.1. The van der Waals surface area contributed by atoms with Crippen molar-refractivity contribution in [3.63, 3.8) is 0 Å². The molecule has 4 nitrogen and oxygen atoms in total. The van der Waals surface area contributed by atoms with Crippen LogP contribution >= 0.6 is 0 Å². The normalized spacial score (nSPS) is 11.1. The van der Waals surface area contributed by atoms with Crippen molar-refractivity contribution >= 4 is 12.0 Å². The van der Waals surface area contributed by atoms with E-state index in [9.17, 15) is 9.90 Å². The zero-order valence-electron chi connectivity index (χ0n) is 19.2. The molecule has 170 valence electrons. The molecule has 0 spiro atoms. The molecule has 0 atom stereocenters. The lowest BCUT2D eigenvalue weighted by Crippen LogP contribution is -2.02. The molecule has 0 fully saturated rings. The van der Waals surface area contributed by atoms with Gasteiger partial charge in [-0.3, -0.25) is 0 Å². The number of carbonyl (C=O) groups excluding carboxylic acids is 1. The molecule has 0 aliphatic heterocycles. The van der Waals surface area contributed by atoms with Gasteiger partial charge in [-0.25, -0.2) is 4.79 Å². The fraction of sp³-hybridized carbons (Fsp3) is 0.654. The molecular weight excluding hydrogens is 376 g/mol. The minimum absolute atomic E-state index is 0.0787. The Hall–Kier alpha value is -1.97. The number of hydrogen-bond acceptors (Lipinski definition) is 4. The van der Waals surface area contributed by atoms with Crippen LogP contribution in [0.25, 0.3) is 6.08 Å². The monoisotopic (exact) mass is 418 g/mol. The molecule has 0 heterocycles.